The first-order valence-electron chi connectivity index (χ1n) is 5.64. The van der Waals surface area contributed by atoms with Crippen molar-refractivity contribution in [3.05, 3.63) is 35.6 Å². The molecular formula is C13H16FN3O. The number of nitrogens with one attached hydrogen (secondary N) is 1. The summed E-state index contributed by atoms with van der Waals surface area (Å²) in [6.45, 7) is 1.94. The summed E-state index contributed by atoms with van der Waals surface area (Å²) in [6, 6.07) is 8.11. The molecule has 0 radical (unpaired) electrons. The van der Waals surface area contributed by atoms with Gasteiger partial charge in [0.25, 0.3) is 0 Å². The predicted molar refractivity (Wildman–Crippen MR) is 66.1 cm³/mol. The molecule has 0 fully saturated rings. The summed E-state index contributed by atoms with van der Waals surface area (Å²) in [4.78, 5) is 13.2. The largest absolute Gasteiger partial charge is 0.342 e. The van der Waals surface area contributed by atoms with Crippen molar-refractivity contribution in [3.63, 3.8) is 0 Å². The fourth-order valence-corrected chi connectivity index (χ4v) is 1.61. The molecule has 96 valence electrons. The standard InChI is InChI=1S/C13H16FN3O/c1-10(11-5-3-4-6-12(11)14)17(2)9-13(18)16-8-7-15/h3-6,10H,8-9H2,1-2H3,(H,16,18)/t10-/m1/s1. The van der Waals surface area contributed by atoms with Crippen LogP contribution in [0.25, 0.3) is 0 Å². The lowest BCUT2D eigenvalue weighted by Crippen LogP contribution is -2.36. The Morgan fingerprint density at radius 3 is 2.83 bits per heavy atom. The second kappa shape index (κ2) is 6.72. The van der Waals surface area contributed by atoms with E-state index in [9.17, 15) is 9.18 Å². The van der Waals surface area contributed by atoms with Crippen LogP contribution in [0.15, 0.2) is 24.3 Å². The van der Waals surface area contributed by atoms with Crippen molar-refractivity contribution < 1.29 is 9.18 Å². The molecule has 0 spiro atoms. The number of rotatable bonds is 5. The maximum Gasteiger partial charge on any atom is 0.235 e. The van der Waals surface area contributed by atoms with E-state index in [1.807, 2.05) is 13.0 Å². The monoisotopic (exact) mass is 249 g/mol. The molecule has 18 heavy (non-hydrogen) atoms. The number of carbonyl (C=O) groups is 1. The van der Waals surface area contributed by atoms with E-state index in [0.717, 1.165) is 0 Å². The van der Waals surface area contributed by atoms with Crippen LogP contribution in [-0.2, 0) is 4.79 Å². The van der Waals surface area contributed by atoms with Crippen LogP contribution in [0.5, 0.6) is 0 Å². The molecule has 0 unspecified atom stereocenters. The van der Waals surface area contributed by atoms with Crippen LogP contribution in [0.4, 0.5) is 4.39 Å². The van der Waals surface area contributed by atoms with Crippen LogP contribution in [0, 0.1) is 17.1 Å². The van der Waals surface area contributed by atoms with Gasteiger partial charge in [0.2, 0.25) is 5.91 Å². The van der Waals surface area contributed by atoms with Crippen LogP contribution in [0.2, 0.25) is 0 Å². The Labute approximate surface area is 106 Å². The highest BCUT2D eigenvalue weighted by molar-refractivity contribution is 5.78. The Hall–Kier alpha value is -1.93. The summed E-state index contributed by atoms with van der Waals surface area (Å²) in [7, 11) is 1.74. The summed E-state index contributed by atoms with van der Waals surface area (Å²) in [6.07, 6.45) is 0. The number of halogens is 1. The van der Waals surface area contributed by atoms with Crippen LogP contribution < -0.4 is 5.32 Å². The van der Waals surface area contributed by atoms with Crippen molar-refractivity contribution in [1.29, 1.82) is 5.26 Å². The van der Waals surface area contributed by atoms with E-state index in [1.54, 1.807) is 30.1 Å². The summed E-state index contributed by atoms with van der Waals surface area (Å²) < 4.78 is 13.6. The number of benzene rings is 1. The maximum atomic E-state index is 13.6. The normalized spacial score (nSPS) is 11.9. The molecule has 1 amide bonds. The van der Waals surface area contributed by atoms with Crippen molar-refractivity contribution in [2.24, 2.45) is 0 Å². The molecule has 0 saturated heterocycles. The molecule has 0 aliphatic rings. The smallest absolute Gasteiger partial charge is 0.235 e. The average molecular weight is 249 g/mol. The van der Waals surface area contributed by atoms with Gasteiger partial charge in [-0.05, 0) is 20.0 Å². The number of hydrogen-bond donors (Lipinski definition) is 1. The van der Waals surface area contributed by atoms with Gasteiger partial charge in [0.15, 0.2) is 0 Å². The highest BCUT2D eigenvalue weighted by Gasteiger charge is 2.17. The van der Waals surface area contributed by atoms with Crippen LogP contribution in [0.3, 0.4) is 0 Å². The lowest BCUT2D eigenvalue weighted by atomic mass is 10.1. The zero-order valence-corrected chi connectivity index (χ0v) is 10.5. The third-order valence-corrected chi connectivity index (χ3v) is 2.77. The molecule has 1 aromatic rings. The lowest BCUT2D eigenvalue weighted by molar-refractivity contribution is -0.122. The van der Waals surface area contributed by atoms with E-state index >= 15 is 0 Å². The highest BCUT2D eigenvalue weighted by Crippen LogP contribution is 2.20. The fourth-order valence-electron chi connectivity index (χ4n) is 1.61. The van der Waals surface area contributed by atoms with Crippen LogP contribution in [0.1, 0.15) is 18.5 Å². The van der Waals surface area contributed by atoms with E-state index in [4.69, 9.17) is 5.26 Å². The minimum Gasteiger partial charge on any atom is -0.342 e. The van der Waals surface area contributed by atoms with E-state index < -0.39 is 0 Å². The molecule has 1 N–H and O–H groups in total. The first-order chi connectivity index (χ1) is 8.56. The zero-order chi connectivity index (χ0) is 13.5. The first kappa shape index (κ1) is 14.1. The van der Waals surface area contributed by atoms with Gasteiger partial charge in [-0.3, -0.25) is 9.69 Å². The Kier molecular flexibility index (Phi) is 5.28. The molecule has 0 bridgehead atoms. The second-order valence-corrected chi connectivity index (χ2v) is 4.05. The third kappa shape index (κ3) is 3.82. The van der Waals surface area contributed by atoms with Gasteiger partial charge in [-0.25, -0.2) is 4.39 Å². The van der Waals surface area contributed by atoms with Crippen molar-refractivity contribution in [2.45, 2.75) is 13.0 Å². The van der Waals surface area contributed by atoms with Gasteiger partial charge in [0.1, 0.15) is 12.4 Å². The van der Waals surface area contributed by atoms with E-state index in [2.05, 4.69) is 5.32 Å². The summed E-state index contributed by atoms with van der Waals surface area (Å²) in [5.74, 6) is -0.531. The third-order valence-electron chi connectivity index (χ3n) is 2.77. The molecule has 0 saturated carbocycles. The Morgan fingerprint density at radius 1 is 1.56 bits per heavy atom. The van der Waals surface area contributed by atoms with Crippen LogP contribution >= 0.6 is 0 Å². The molecule has 1 rings (SSSR count). The Morgan fingerprint density at radius 2 is 2.22 bits per heavy atom. The summed E-state index contributed by atoms with van der Waals surface area (Å²) in [5.41, 5.74) is 0.549. The van der Waals surface area contributed by atoms with Gasteiger partial charge in [-0.2, -0.15) is 5.26 Å². The second-order valence-electron chi connectivity index (χ2n) is 4.05. The van der Waals surface area contributed by atoms with Crippen molar-refractivity contribution >= 4 is 5.91 Å². The molecule has 4 nitrogen and oxygen atoms in total. The molecule has 0 aromatic heterocycles. The van der Waals surface area contributed by atoms with Gasteiger partial charge in [-0.1, -0.05) is 18.2 Å². The molecule has 0 aliphatic heterocycles. The van der Waals surface area contributed by atoms with E-state index in [0.29, 0.717) is 5.56 Å². The van der Waals surface area contributed by atoms with E-state index in [1.165, 1.54) is 6.07 Å². The molecule has 1 aromatic carbocycles. The molecule has 1 atom stereocenters. The Bertz CT molecular complexity index is 456. The minimum absolute atomic E-state index is 0.0131. The highest BCUT2D eigenvalue weighted by atomic mass is 19.1. The predicted octanol–water partition coefficient (Wildman–Crippen LogP) is 1.46. The van der Waals surface area contributed by atoms with Crippen molar-refractivity contribution in [3.8, 4) is 6.07 Å². The average Bonchev–Trinajstić information content (AvgIpc) is 2.36. The molecule has 0 heterocycles. The summed E-state index contributed by atoms with van der Waals surface area (Å²) >= 11 is 0. The molecular weight excluding hydrogens is 233 g/mol. The SMILES string of the molecule is C[C@H](c1ccccc1F)N(C)CC(=O)NCC#N. The van der Waals surface area contributed by atoms with Gasteiger partial charge < -0.3 is 5.32 Å². The van der Waals surface area contributed by atoms with Gasteiger partial charge in [0, 0.05) is 11.6 Å². The number of carbonyl (C=O) groups excluding carboxylic acids is 1. The first-order valence-corrected chi connectivity index (χ1v) is 5.64. The van der Waals surface area contributed by atoms with Gasteiger partial charge >= 0.3 is 0 Å². The van der Waals surface area contributed by atoms with Crippen molar-refractivity contribution in [2.75, 3.05) is 20.1 Å². The topological polar surface area (TPSA) is 56.1 Å². The lowest BCUT2D eigenvalue weighted by Gasteiger charge is -2.24. The quantitative estimate of drug-likeness (QED) is 0.804. The van der Waals surface area contributed by atoms with Crippen LogP contribution in [-0.4, -0.2) is 30.9 Å². The van der Waals surface area contributed by atoms with Gasteiger partial charge in [-0.15, -0.1) is 0 Å². The minimum atomic E-state index is -0.283. The fraction of sp³-hybridized carbons (Fsp3) is 0.385. The van der Waals surface area contributed by atoms with Gasteiger partial charge in [0.05, 0.1) is 12.6 Å². The number of nitriles is 1. The number of likely N-dealkylation sites (N-methyl/N-ethyl adjacent to an activating group) is 1. The number of nitrogens with zero attached hydrogens (tertiary/aromatic N) is 2. The maximum absolute atomic E-state index is 13.6. The molecule has 0 aliphatic carbocycles. The zero-order valence-electron chi connectivity index (χ0n) is 10.5. The van der Waals surface area contributed by atoms with Crippen molar-refractivity contribution in [1.82, 2.24) is 10.2 Å². The number of amides is 1. The van der Waals surface area contributed by atoms with E-state index in [-0.39, 0.29) is 30.9 Å². The Balaban J connectivity index is 2.62. The summed E-state index contributed by atoms with van der Waals surface area (Å²) in [5, 5.41) is 10.8. The molecule has 5 heteroatoms. The number of hydrogen-bond acceptors (Lipinski definition) is 3.